The van der Waals surface area contributed by atoms with Crippen LogP contribution in [0.1, 0.15) is 123 Å². The second kappa shape index (κ2) is 20.0. The van der Waals surface area contributed by atoms with Gasteiger partial charge in [-0.3, -0.25) is 0 Å². The summed E-state index contributed by atoms with van der Waals surface area (Å²) in [6, 6.07) is 0. The second-order valence-corrected chi connectivity index (χ2v) is 7.55. The first-order valence-corrected chi connectivity index (χ1v) is 11.0. The molecule has 0 rings (SSSR count). The van der Waals surface area contributed by atoms with Gasteiger partial charge in [0.15, 0.2) is 0 Å². The van der Waals surface area contributed by atoms with Gasteiger partial charge in [0, 0.05) is 0 Å². The minimum Gasteiger partial charge on any atom is -0.307 e. The maximum atomic E-state index is 2.42. The van der Waals surface area contributed by atoms with Gasteiger partial charge in [0.1, 0.15) is 0 Å². The number of nitrogens with zero attached hydrogens (tertiary/aromatic N) is 1. The molecule has 0 heterocycles. The number of rotatable bonds is 19. The zero-order valence-corrected chi connectivity index (χ0v) is 16.9. The summed E-state index contributed by atoms with van der Waals surface area (Å²) >= 11 is 0. The van der Waals surface area contributed by atoms with Gasteiger partial charge in [-0.1, -0.05) is 117 Å². The van der Waals surface area contributed by atoms with E-state index in [4.69, 9.17) is 0 Å². The lowest BCUT2D eigenvalue weighted by Crippen LogP contribution is -2.18. The molecule has 0 N–H and O–H groups in total. The summed E-state index contributed by atoms with van der Waals surface area (Å²) in [5.41, 5.74) is 0. The molecule has 0 fully saturated rings. The fourth-order valence-electron chi connectivity index (χ4n) is 3.26. The van der Waals surface area contributed by atoms with Crippen molar-refractivity contribution in [1.29, 1.82) is 0 Å². The van der Waals surface area contributed by atoms with Crippen molar-refractivity contribution in [2.24, 2.45) is 0 Å². The molecule has 0 aliphatic carbocycles. The van der Waals surface area contributed by atoms with Crippen LogP contribution in [0.15, 0.2) is 0 Å². The van der Waals surface area contributed by atoms with Gasteiger partial charge in [0.05, 0.1) is 0 Å². The highest BCUT2D eigenvalue weighted by molar-refractivity contribution is 4.52. The highest BCUT2D eigenvalue weighted by Crippen LogP contribution is 2.14. The third-order valence-corrected chi connectivity index (χ3v) is 5.18. The zero-order chi connectivity index (χ0) is 17.0. The Bertz CT molecular complexity index is 202. The molecule has 0 aliphatic rings. The molecule has 0 aliphatic heterocycles. The standard InChI is InChI=1S/C22H47N/c1-4-6-7-8-9-10-11-12-13-14-15-16-17-18-19-20-21-22-23(3)5-2/h4-22H2,1-3H3. The Balaban J connectivity index is 2.97. The molecule has 1 nitrogen and oxygen atoms in total. The molecule has 140 valence electrons. The van der Waals surface area contributed by atoms with E-state index in [1.165, 1.54) is 122 Å². The van der Waals surface area contributed by atoms with Crippen LogP contribution < -0.4 is 0 Å². The summed E-state index contributed by atoms with van der Waals surface area (Å²) in [5, 5.41) is 0. The quantitative estimate of drug-likeness (QED) is 0.221. The van der Waals surface area contributed by atoms with Crippen LogP contribution in [0.2, 0.25) is 0 Å². The molecule has 0 saturated carbocycles. The SMILES string of the molecule is CCCCCCCCCCCCCCCCCCCN(C)CC. The average Bonchev–Trinajstić information content (AvgIpc) is 2.57. The Hall–Kier alpha value is -0.0400. The van der Waals surface area contributed by atoms with E-state index in [0.29, 0.717) is 0 Å². The molecule has 1 heteroatoms. The van der Waals surface area contributed by atoms with Crippen molar-refractivity contribution < 1.29 is 0 Å². The summed E-state index contributed by atoms with van der Waals surface area (Å²) in [5.74, 6) is 0. The minimum absolute atomic E-state index is 1.19. The molecule has 0 aromatic rings. The lowest BCUT2D eigenvalue weighted by Gasteiger charge is -2.12. The van der Waals surface area contributed by atoms with E-state index in [1.807, 2.05) is 0 Å². The van der Waals surface area contributed by atoms with Gasteiger partial charge < -0.3 is 4.90 Å². The predicted octanol–water partition coefficient (Wildman–Crippen LogP) is 7.59. The molecule has 23 heavy (non-hydrogen) atoms. The van der Waals surface area contributed by atoms with E-state index < -0.39 is 0 Å². The third kappa shape index (κ3) is 19.9. The normalized spacial score (nSPS) is 11.5. The van der Waals surface area contributed by atoms with Crippen LogP contribution in [0.25, 0.3) is 0 Å². The average molecular weight is 326 g/mol. The smallest absolute Gasteiger partial charge is 0.00219 e. The van der Waals surface area contributed by atoms with Crippen LogP contribution in [-0.2, 0) is 0 Å². The first kappa shape index (κ1) is 23.0. The van der Waals surface area contributed by atoms with Crippen LogP contribution in [0.4, 0.5) is 0 Å². The molecular weight excluding hydrogens is 278 g/mol. The fourth-order valence-corrected chi connectivity index (χ4v) is 3.26. The number of unbranched alkanes of at least 4 members (excludes halogenated alkanes) is 16. The van der Waals surface area contributed by atoms with Crippen LogP contribution in [-0.4, -0.2) is 25.0 Å². The van der Waals surface area contributed by atoms with E-state index in [0.717, 1.165) is 0 Å². The fraction of sp³-hybridized carbons (Fsp3) is 1.00. The zero-order valence-electron chi connectivity index (χ0n) is 16.9. The van der Waals surface area contributed by atoms with Crippen LogP contribution in [0, 0.1) is 0 Å². The molecule has 0 spiro atoms. The Morgan fingerprint density at radius 2 is 0.739 bits per heavy atom. The van der Waals surface area contributed by atoms with Crippen LogP contribution in [0.5, 0.6) is 0 Å². The van der Waals surface area contributed by atoms with Crippen LogP contribution >= 0.6 is 0 Å². The van der Waals surface area contributed by atoms with Crippen molar-refractivity contribution in [2.75, 3.05) is 20.1 Å². The van der Waals surface area contributed by atoms with Crippen LogP contribution in [0.3, 0.4) is 0 Å². The van der Waals surface area contributed by atoms with Gasteiger partial charge in [-0.05, 0) is 26.6 Å². The van der Waals surface area contributed by atoms with E-state index in [2.05, 4.69) is 25.8 Å². The van der Waals surface area contributed by atoms with Gasteiger partial charge in [-0.25, -0.2) is 0 Å². The van der Waals surface area contributed by atoms with Gasteiger partial charge in [-0.15, -0.1) is 0 Å². The molecule has 0 radical (unpaired) electrons. The summed E-state index contributed by atoms with van der Waals surface area (Å²) < 4.78 is 0. The molecule has 0 atom stereocenters. The lowest BCUT2D eigenvalue weighted by atomic mass is 10.0. The minimum atomic E-state index is 1.19. The first-order chi connectivity index (χ1) is 11.3. The number of hydrogen-bond donors (Lipinski definition) is 0. The van der Waals surface area contributed by atoms with Gasteiger partial charge >= 0.3 is 0 Å². The Morgan fingerprint density at radius 1 is 0.435 bits per heavy atom. The predicted molar refractivity (Wildman–Crippen MR) is 107 cm³/mol. The Kier molecular flexibility index (Phi) is 20.0. The van der Waals surface area contributed by atoms with E-state index in [-0.39, 0.29) is 0 Å². The van der Waals surface area contributed by atoms with Crippen molar-refractivity contribution in [3.8, 4) is 0 Å². The summed E-state index contributed by atoms with van der Waals surface area (Å²) in [6.07, 6.45) is 24.8. The summed E-state index contributed by atoms with van der Waals surface area (Å²) in [7, 11) is 2.23. The molecular formula is C22H47N. The summed E-state index contributed by atoms with van der Waals surface area (Å²) in [4.78, 5) is 2.42. The van der Waals surface area contributed by atoms with Gasteiger partial charge in [-0.2, -0.15) is 0 Å². The molecule has 0 unspecified atom stereocenters. The van der Waals surface area contributed by atoms with E-state index >= 15 is 0 Å². The monoisotopic (exact) mass is 325 g/mol. The van der Waals surface area contributed by atoms with Crippen molar-refractivity contribution in [3.63, 3.8) is 0 Å². The van der Waals surface area contributed by atoms with E-state index in [1.54, 1.807) is 0 Å². The van der Waals surface area contributed by atoms with Gasteiger partial charge in [0.25, 0.3) is 0 Å². The highest BCUT2D eigenvalue weighted by atomic mass is 15.1. The molecule has 0 bridgehead atoms. The van der Waals surface area contributed by atoms with Crippen molar-refractivity contribution in [1.82, 2.24) is 4.90 Å². The first-order valence-electron chi connectivity index (χ1n) is 11.0. The van der Waals surface area contributed by atoms with E-state index in [9.17, 15) is 0 Å². The van der Waals surface area contributed by atoms with Crippen molar-refractivity contribution >= 4 is 0 Å². The van der Waals surface area contributed by atoms with Gasteiger partial charge in [0.2, 0.25) is 0 Å². The highest BCUT2D eigenvalue weighted by Gasteiger charge is 1.96. The van der Waals surface area contributed by atoms with Crippen molar-refractivity contribution in [2.45, 2.75) is 123 Å². The molecule has 0 aromatic heterocycles. The second-order valence-electron chi connectivity index (χ2n) is 7.55. The summed E-state index contributed by atoms with van der Waals surface area (Å²) in [6.45, 7) is 7.02. The Labute approximate surface area is 148 Å². The molecule has 0 amide bonds. The third-order valence-electron chi connectivity index (χ3n) is 5.18. The maximum Gasteiger partial charge on any atom is -0.00219 e. The number of hydrogen-bond acceptors (Lipinski definition) is 1. The molecule has 0 saturated heterocycles. The maximum absolute atomic E-state index is 2.42. The largest absolute Gasteiger partial charge is 0.307 e. The lowest BCUT2D eigenvalue weighted by molar-refractivity contribution is 0.340. The topological polar surface area (TPSA) is 3.24 Å². The Morgan fingerprint density at radius 3 is 1.04 bits per heavy atom. The molecule has 0 aromatic carbocycles. The van der Waals surface area contributed by atoms with Crippen molar-refractivity contribution in [3.05, 3.63) is 0 Å².